The van der Waals surface area contributed by atoms with Crippen LogP contribution in [0.1, 0.15) is 30.9 Å². The molecule has 1 fully saturated rings. The van der Waals surface area contributed by atoms with E-state index in [2.05, 4.69) is 46.7 Å². The van der Waals surface area contributed by atoms with Crippen molar-refractivity contribution in [1.29, 1.82) is 0 Å². The molecule has 1 aliphatic rings. The van der Waals surface area contributed by atoms with E-state index in [4.69, 9.17) is 0 Å². The lowest BCUT2D eigenvalue weighted by molar-refractivity contribution is 0.272. The number of unbranched alkanes of at least 4 members (excludes halogenated alkanes) is 1. The fourth-order valence-electron chi connectivity index (χ4n) is 2.62. The molecule has 0 atom stereocenters. The van der Waals surface area contributed by atoms with Crippen LogP contribution in [0, 0.1) is 0 Å². The molecule has 2 N–H and O–H groups in total. The van der Waals surface area contributed by atoms with Gasteiger partial charge in [-0.1, -0.05) is 37.6 Å². The van der Waals surface area contributed by atoms with Crippen LogP contribution >= 0.6 is 0 Å². The van der Waals surface area contributed by atoms with Gasteiger partial charge in [0, 0.05) is 45.8 Å². The zero-order valence-electron chi connectivity index (χ0n) is 12.8. The number of nitrogens with one attached hydrogen (secondary N) is 2. The molecule has 1 aliphatic heterocycles. The first-order valence-electron chi connectivity index (χ1n) is 8.10. The lowest BCUT2D eigenvalue weighted by Gasteiger charge is -2.21. The van der Waals surface area contributed by atoms with Gasteiger partial charge < -0.3 is 10.6 Å². The van der Waals surface area contributed by atoms with E-state index in [0.717, 1.165) is 45.8 Å². The van der Waals surface area contributed by atoms with E-state index in [-0.39, 0.29) is 0 Å². The van der Waals surface area contributed by atoms with Crippen molar-refractivity contribution in [2.45, 2.75) is 32.7 Å². The second-order valence-electron chi connectivity index (χ2n) is 5.70. The SMILES string of the molecule is CCCCc1ccc(CN2CCNCCNCC2)cc1. The molecule has 0 radical (unpaired) electrons. The summed E-state index contributed by atoms with van der Waals surface area (Å²) in [5.74, 6) is 0. The van der Waals surface area contributed by atoms with Crippen molar-refractivity contribution in [3.05, 3.63) is 35.4 Å². The molecule has 20 heavy (non-hydrogen) atoms. The summed E-state index contributed by atoms with van der Waals surface area (Å²) in [5.41, 5.74) is 2.91. The maximum absolute atomic E-state index is 3.47. The van der Waals surface area contributed by atoms with E-state index in [1.54, 1.807) is 0 Å². The van der Waals surface area contributed by atoms with E-state index in [0.29, 0.717) is 0 Å². The predicted octanol–water partition coefficient (Wildman–Crippen LogP) is 2.02. The van der Waals surface area contributed by atoms with Gasteiger partial charge in [-0.15, -0.1) is 0 Å². The van der Waals surface area contributed by atoms with Gasteiger partial charge in [-0.2, -0.15) is 0 Å². The van der Waals surface area contributed by atoms with Crippen LogP contribution in [0.15, 0.2) is 24.3 Å². The molecule has 0 saturated carbocycles. The summed E-state index contributed by atoms with van der Waals surface area (Å²) in [6, 6.07) is 9.21. The molecule has 0 amide bonds. The summed E-state index contributed by atoms with van der Waals surface area (Å²) in [6.07, 6.45) is 3.78. The molecule has 0 unspecified atom stereocenters. The highest BCUT2D eigenvalue weighted by atomic mass is 15.2. The lowest BCUT2D eigenvalue weighted by atomic mass is 10.1. The van der Waals surface area contributed by atoms with E-state index in [9.17, 15) is 0 Å². The molecule has 0 aliphatic carbocycles. The Kier molecular flexibility index (Phi) is 7.06. The summed E-state index contributed by atoms with van der Waals surface area (Å²) in [4.78, 5) is 2.53. The van der Waals surface area contributed by atoms with Crippen molar-refractivity contribution in [3.8, 4) is 0 Å². The second-order valence-corrected chi connectivity index (χ2v) is 5.70. The van der Waals surface area contributed by atoms with E-state index in [1.807, 2.05) is 0 Å². The van der Waals surface area contributed by atoms with Gasteiger partial charge in [-0.25, -0.2) is 0 Å². The number of benzene rings is 1. The standard InChI is InChI=1S/C17H29N3/c1-2-3-4-16-5-7-17(8-6-16)15-20-13-11-18-9-10-19-12-14-20/h5-8,18-19H,2-4,9-15H2,1H3. The van der Waals surface area contributed by atoms with E-state index in [1.165, 1.54) is 30.4 Å². The maximum atomic E-state index is 3.47. The van der Waals surface area contributed by atoms with Gasteiger partial charge in [0.25, 0.3) is 0 Å². The topological polar surface area (TPSA) is 27.3 Å². The Labute approximate surface area is 123 Å². The van der Waals surface area contributed by atoms with Gasteiger partial charge in [-0.3, -0.25) is 4.90 Å². The maximum Gasteiger partial charge on any atom is 0.0234 e. The Hall–Kier alpha value is -0.900. The fraction of sp³-hybridized carbons (Fsp3) is 0.647. The summed E-state index contributed by atoms with van der Waals surface area (Å²) in [7, 11) is 0. The average molecular weight is 275 g/mol. The number of rotatable bonds is 5. The molecule has 0 bridgehead atoms. The van der Waals surface area contributed by atoms with Crippen molar-refractivity contribution in [2.24, 2.45) is 0 Å². The van der Waals surface area contributed by atoms with Crippen molar-refractivity contribution in [2.75, 3.05) is 39.3 Å². The van der Waals surface area contributed by atoms with Crippen molar-refractivity contribution >= 4 is 0 Å². The summed E-state index contributed by atoms with van der Waals surface area (Å²) < 4.78 is 0. The molecule has 0 spiro atoms. The third kappa shape index (κ3) is 5.61. The smallest absolute Gasteiger partial charge is 0.0234 e. The predicted molar refractivity (Wildman–Crippen MR) is 86.1 cm³/mol. The summed E-state index contributed by atoms with van der Waals surface area (Å²) >= 11 is 0. The minimum Gasteiger partial charge on any atom is -0.314 e. The Bertz CT molecular complexity index is 351. The first-order valence-corrected chi connectivity index (χ1v) is 8.10. The Morgan fingerprint density at radius 3 is 2.10 bits per heavy atom. The third-order valence-electron chi connectivity index (χ3n) is 3.94. The lowest BCUT2D eigenvalue weighted by Crippen LogP contribution is -2.33. The van der Waals surface area contributed by atoms with E-state index < -0.39 is 0 Å². The minimum atomic E-state index is 1.07. The van der Waals surface area contributed by atoms with Gasteiger partial charge in [-0.05, 0) is 24.0 Å². The third-order valence-corrected chi connectivity index (χ3v) is 3.94. The van der Waals surface area contributed by atoms with Crippen LogP contribution in [0.2, 0.25) is 0 Å². The molecule has 0 aromatic heterocycles. The largest absolute Gasteiger partial charge is 0.314 e. The van der Waals surface area contributed by atoms with Crippen molar-refractivity contribution in [1.82, 2.24) is 15.5 Å². The highest BCUT2D eigenvalue weighted by Gasteiger charge is 2.07. The molecule has 1 heterocycles. The molecule has 112 valence electrons. The van der Waals surface area contributed by atoms with Gasteiger partial charge in [0.1, 0.15) is 0 Å². The molecule has 3 nitrogen and oxygen atoms in total. The number of hydrogen-bond acceptors (Lipinski definition) is 3. The second kappa shape index (κ2) is 9.11. The van der Waals surface area contributed by atoms with Crippen LogP contribution in [-0.2, 0) is 13.0 Å². The first-order chi connectivity index (χ1) is 9.88. The Balaban J connectivity index is 1.83. The van der Waals surface area contributed by atoms with Crippen molar-refractivity contribution in [3.63, 3.8) is 0 Å². The average Bonchev–Trinajstić information content (AvgIpc) is 2.61. The Morgan fingerprint density at radius 2 is 1.50 bits per heavy atom. The zero-order chi connectivity index (χ0) is 14.0. The van der Waals surface area contributed by atoms with Crippen LogP contribution in [0.3, 0.4) is 0 Å². The van der Waals surface area contributed by atoms with Crippen LogP contribution < -0.4 is 10.6 Å². The quantitative estimate of drug-likeness (QED) is 0.861. The van der Waals surface area contributed by atoms with Crippen LogP contribution in [0.5, 0.6) is 0 Å². The first kappa shape index (κ1) is 15.5. The van der Waals surface area contributed by atoms with Gasteiger partial charge in [0.2, 0.25) is 0 Å². The van der Waals surface area contributed by atoms with Crippen molar-refractivity contribution < 1.29 is 0 Å². The molecular weight excluding hydrogens is 246 g/mol. The highest BCUT2D eigenvalue weighted by molar-refractivity contribution is 5.22. The van der Waals surface area contributed by atoms with Gasteiger partial charge in [0.05, 0.1) is 0 Å². The van der Waals surface area contributed by atoms with Crippen LogP contribution in [0.25, 0.3) is 0 Å². The molecule has 3 heteroatoms. The summed E-state index contributed by atoms with van der Waals surface area (Å²) in [5, 5.41) is 6.94. The molecule has 1 aromatic rings. The van der Waals surface area contributed by atoms with Gasteiger partial charge in [0.15, 0.2) is 0 Å². The minimum absolute atomic E-state index is 1.07. The molecule has 2 rings (SSSR count). The summed E-state index contributed by atoms with van der Waals surface area (Å²) in [6.45, 7) is 9.95. The normalized spacial score (nSPS) is 18.2. The number of nitrogens with zero attached hydrogens (tertiary/aromatic N) is 1. The Morgan fingerprint density at radius 1 is 0.900 bits per heavy atom. The van der Waals surface area contributed by atoms with Crippen LogP contribution in [-0.4, -0.2) is 44.2 Å². The molecular formula is C17H29N3. The molecule has 1 saturated heterocycles. The number of aryl methyl sites for hydroxylation is 1. The number of hydrogen-bond donors (Lipinski definition) is 2. The van der Waals surface area contributed by atoms with Crippen LogP contribution in [0.4, 0.5) is 0 Å². The zero-order valence-corrected chi connectivity index (χ0v) is 12.8. The van der Waals surface area contributed by atoms with Gasteiger partial charge >= 0.3 is 0 Å². The highest BCUT2D eigenvalue weighted by Crippen LogP contribution is 2.10. The molecule has 1 aromatic carbocycles. The van der Waals surface area contributed by atoms with E-state index >= 15 is 0 Å². The fourth-order valence-corrected chi connectivity index (χ4v) is 2.62. The monoisotopic (exact) mass is 275 g/mol.